The Kier molecular flexibility index (Phi) is 6.21. The quantitative estimate of drug-likeness (QED) is 0.600. The van der Waals surface area contributed by atoms with Gasteiger partial charge in [-0.05, 0) is 49.3 Å². The summed E-state index contributed by atoms with van der Waals surface area (Å²) in [4.78, 5) is 13.5. The van der Waals surface area contributed by atoms with Crippen molar-refractivity contribution in [1.29, 1.82) is 0 Å². The molecule has 116 valence electrons. The van der Waals surface area contributed by atoms with Crippen LogP contribution in [0.25, 0.3) is 0 Å². The van der Waals surface area contributed by atoms with E-state index in [1.54, 1.807) is 5.48 Å². The van der Waals surface area contributed by atoms with Gasteiger partial charge in [0.25, 0.3) is 0 Å². The normalized spacial score (nSPS) is 16.3. The van der Waals surface area contributed by atoms with Gasteiger partial charge in [-0.3, -0.25) is 14.9 Å². The molecule has 0 aliphatic carbocycles. The number of carbonyl (C=O) groups is 1. The van der Waals surface area contributed by atoms with E-state index in [4.69, 9.17) is 5.21 Å². The van der Waals surface area contributed by atoms with Crippen LogP contribution in [-0.2, 0) is 17.8 Å². The second kappa shape index (κ2) is 8.15. The van der Waals surface area contributed by atoms with Gasteiger partial charge in [0.2, 0.25) is 5.91 Å². The first kappa shape index (κ1) is 16.0. The van der Waals surface area contributed by atoms with E-state index in [1.807, 2.05) is 0 Å². The summed E-state index contributed by atoms with van der Waals surface area (Å²) in [6.45, 7) is 5.52. The molecular formula is C17H26N2O2. The van der Waals surface area contributed by atoms with Crippen molar-refractivity contribution in [3.05, 3.63) is 35.4 Å². The summed E-state index contributed by atoms with van der Waals surface area (Å²) in [6.07, 6.45) is 4.72. The minimum Gasteiger partial charge on any atom is -0.299 e. The Bertz CT molecular complexity index is 462. The zero-order valence-corrected chi connectivity index (χ0v) is 12.8. The summed E-state index contributed by atoms with van der Waals surface area (Å²) in [5.41, 5.74) is 4.66. The van der Waals surface area contributed by atoms with Crippen molar-refractivity contribution in [1.82, 2.24) is 10.4 Å². The molecule has 2 rings (SSSR count). The molecule has 0 aromatic heterocycles. The molecule has 1 aliphatic heterocycles. The number of nitrogens with zero attached hydrogens (tertiary/aromatic N) is 1. The Labute approximate surface area is 127 Å². The molecule has 1 heterocycles. The van der Waals surface area contributed by atoms with Crippen molar-refractivity contribution in [3.8, 4) is 0 Å². The Hall–Kier alpha value is -1.39. The van der Waals surface area contributed by atoms with Crippen LogP contribution in [0.3, 0.4) is 0 Å². The lowest BCUT2D eigenvalue weighted by Crippen LogP contribution is -2.31. The average molecular weight is 290 g/mol. The van der Waals surface area contributed by atoms with Gasteiger partial charge in [0.15, 0.2) is 0 Å². The fourth-order valence-electron chi connectivity index (χ4n) is 2.99. The second-order valence-corrected chi connectivity index (χ2v) is 6.12. The van der Waals surface area contributed by atoms with Crippen LogP contribution in [-0.4, -0.2) is 29.1 Å². The van der Waals surface area contributed by atoms with Gasteiger partial charge in [-0.2, -0.15) is 0 Å². The lowest BCUT2D eigenvalue weighted by molar-refractivity contribution is -0.129. The van der Waals surface area contributed by atoms with Gasteiger partial charge in [0.1, 0.15) is 0 Å². The molecule has 0 saturated carbocycles. The standard InChI is InChI=1S/C17H26N2O2/c1-14(8-9-17(20)18-21)5-4-11-19-12-10-15-6-2-3-7-16(15)13-19/h2-3,6-7,14,21H,4-5,8-13H2,1H3,(H,18,20). The number of rotatable bonds is 7. The van der Waals surface area contributed by atoms with E-state index >= 15 is 0 Å². The fraction of sp³-hybridized carbons (Fsp3) is 0.588. The van der Waals surface area contributed by atoms with Gasteiger partial charge in [0, 0.05) is 19.5 Å². The lowest BCUT2D eigenvalue weighted by atomic mass is 9.97. The van der Waals surface area contributed by atoms with Crippen molar-refractivity contribution >= 4 is 5.91 Å². The van der Waals surface area contributed by atoms with Crippen LogP contribution in [0.2, 0.25) is 0 Å². The minimum atomic E-state index is -0.283. The van der Waals surface area contributed by atoms with Crippen molar-refractivity contribution in [3.63, 3.8) is 0 Å². The van der Waals surface area contributed by atoms with Crippen LogP contribution in [0.1, 0.15) is 43.7 Å². The molecule has 1 unspecified atom stereocenters. The van der Waals surface area contributed by atoms with E-state index in [0.29, 0.717) is 12.3 Å². The number of hydroxylamine groups is 1. The smallest absolute Gasteiger partial charge is 0.243 e. The summed E-state index contributed by atoms with van der Waals surface area (Å²) in [6, 6.07) is 8.72. The highest BCUT2D eigenvalue weighted by Gasteiger charge is 2.15. The number of amides is 1. The first-order valence-electron chi connectivity index (χ1n) is 7.91. The molecule has 2 N–H and O–H groups in total. The molecule has 0 radical (unpaired) electrons. The van der Waals surface area contributed by atoms with Gasteiger partial charge in [0.05, 0.1) is 0 Å². The molecule has 1 amide bonds. The molecule has 4 heteroatoms. The Balaban J connectivity index is 1.65. The number of hydrogen-bond donors (Lipinski definition) is 2. The number of carbonyl (C=O) groups excluding carboxylic acids is 1. The third-order valence-corrected chi connectivity index (χ3v) is 4.37. The molecule has 1 aromatic carbocycles. The predicted molar refractivity (Wildman–Crippen MR) is 83.0 cm³/mol. The highest BCUT2D eigenvalue weighted by atomic mass is 16.5. The number of fused-ring (bicyclic) bond motifs is 1. The van der Waals surface area contributed by atoms with Gasteiger partial charge in [-0.1, -0.05) is 31.2 Å². The van der Waals surface area contributed by atoms with E-state index in [1.165, 1.54) is 17.5 Å². The van der Waals surface area contributed by atoms with Crippen molar-refractivity contribution in [2.24, 2.45) is 5.92 Å². The van der Waals surface area contributed by atoms with Crippen LogP contribution in [0.4, 0.5) is 0 Å². The Morgan fingerprint density at radius 1 is 1.33 bits per heavy atom. The Morgan fingerprint density at radius 3 is 2.86 bits per heavy atom. The van der Waals surface area contributed by atoms with E-state index in [-0.39, 0.29) is 5.91 Å². The van der Waals surface area contributed by atoms with Crippen LogP contribution in [0, 0.1) is 5.92 Å². The third kappa shape index (κ3) is 5.14. The molecule has 0 bridgehead atoms. The zero-order valence-electron chi connectivity index (χ0n) is 12.8. The zero-order chi connectivity index (χ0) is 15.1. The molecular weight excluding hydrogens is 264 g/mol. The molecule has 21 heavy (non-hydrogen) atoms. The molecule has 4 nitrogen and oxygen atoms in total. The van der Waals surface area contributed by atoms with Crippen LogP contribution >= 0.6 is 0 Å². The summed E-state index contributed by atoms with van der Waals surface area (Å²) < 4.78 is 0. The molecule has 1 aromatic rings. The highest BCUT2D eigenvalue weighted by molar-refractivity contribution is 5.74. The monoisotopic (exact) mass is 290 g/mol. The summed E-state index contributed by atoms with van der Waals surface area (Å²) in [5.74, 6) is 0.244. The lowest BCUT2D eigenvalue weighted by Gasteiger charge is -2.29. The van der Waals surface area contributed by atoms with Gasteiger partial charge in [-0.15, -0.1) is 0 Å². The molecule has 0 fully saturated rings. The number of hydrogen-bond acceptors (Lipinski definition) is 3. The van der Waals surface area contributed by atoms with Gasteiger partial charge < -0.3 is 0 Å². The fourth-order valence-corrected chi connectivity index (χ4v) is 2.99. The first-order chi connectivity index (χ1) is 10.2. The van der Waals surface area contributed by atoms with E-state index in [9.17, 15) is 4.79 Å². The topological polar surface area (TPSA) is 52.6 Å². The van der Waals surface area contributed by atoms with Crippen LogP contribution in [0.5, 0.6) is 0 Å². The largest absolute Gasteiger partial charge is 0.299 e. The maximum Gasteiger partial charge on any atom is 0.243 e. The summed E-state index contributed by atoms with van der Waals surface area (Å²) >= 11 is 0. The average Bonchev–Trinajstić information content (AvgIpc) is 2.52. The summed E-state index contributed by atoms with van der Waals surface area (Å²) in [5, 5.41) is 8.47. The molecule has 0 saturated heterocycles. The van der Waals surface area contributed by atoms with Crippen molar-refractivity contribution in [2.45, 2.75) is 45.6 Å². The third-order valence-electron chi connectivity index (χ3n) is 4.37. The molecule has 1 atom stereocenters. The van der Waals surface area contributed by atoms with Gasteiger partial charge >= 0.3 is 0 Å². The van der Waals surface area contributed by atoms with Gasteiger partial charge in [-0.25, -0.2) is 5.48 Å². The highest BCUT2D eigenvalue weighted by Crippen LogP contribution is 2.19. The predicted octanol–water partition coefficient (Wildman–Crippen LogP) is 2.75. The van der Waals surface area contributed by atoms with Crippen molar-refractivity contribution < 1.29 is 10.0 Å². The number of benzene rings is 1. The van der Waals surface area contributed by atoms with E-state index < -0.39 is 0 Å². The Morgan fingerprint density at radius 2 is 2.10 bits per heavy atom. The first-order valence-corrected chi connectivity index (χ1v) is 7.91. The van der Waals surface area contributed by atoms with E-state index in [0.717, 1.165) is 38.9 Å². The maximum atomic E-state index is 11.0. The molecule has 1 aliphatic rings. The minimum absolute atomic E-state index is 0.283. The second-order valence-electron chi connectivity index (χ2n) is 6.12. The SMILES string of the molecule is CC(CCCN1CCc2ccccc2C1)CCC(=O)NO. The maximum absolute atomic E-state index is 11.0. The number of nitrogens with one attached hydrogen (secondary N) is 1. The van der Waals surface area contributed by atoms with Crippen molar-refractivity contribution in [2.75, 3.05) is 13.1 Å². The summed E-state index contributed by atoms with van der Waals surface area (Å²) in [7, 11) is 0. The van der Waals surface area contributed by atoms with Crippen LogP contribution in [0.15, 0.2) is 24.3 Å². The van der Waals surface area contributed by atoms with E-state index in [2.05, 4.69) is 36.1 Å². The van der Waals surface area contributed by atoms with Crippen LogP contribution < -0.4 is 5.48 Å². The molecule has 0 spiro atoms.